The number of amides is 1. The number of likely N-dealkylation sites (N-methyl/N-ethyl adjacent to an activating group) is 1. The van der Waals surface area contributed by atoms with Crippen LogP contribution in [-0.2, 0) is 11.3 Å². The molecule has 0 bridgehead atoms. The molecule has 0 aliphatic rings. The molecule has 18 heavy (non-hydrogen) atoms. The zero-order valence-corrected chi connectivity index (χ0v) is 10.1. The summed E-state index contributed by atoms with van der Waals surface area (Å²) in [6.07, 6.45) is -3.08. The zero-order valence-electron chi connectivity index (χ0n) is 10.1. The molecule has 1 unspecified atom stereocenters. The van der Waals surface area contributed by atoms with Gasteiger partial charge >= 0.3 is 6.18 Å². The highest BCUT2D eigenvalue weighted by Crippen LogP contribution is 2.19. The van der Waals surface area contributed by atoms with E-state index in [2.05, 4.69) is 5.32 Å². The van der Waals surface area contributed by atoms with E-state index in [4.69, 9.17) is 4.42 Å². The molecule has 0 aliphatic heterocycles. The van der Waals surface area contributed by atoms with E-state index >= 15 is 0 Å². The molecule has 1 heterocycles. The summed E-state index contributed by atoms with van der Waals surface area (Å²) in [6, 6.07) is 2.41. The molecule has 4 nitrogen and oxygen atoms in total. The SMILES string of the molecule is CNC(C)C(=O)N(Cc1ccco1)CC(F)(F)F. The first-order valence-corrected chi connectivity index (χ1v) is 5.38. The van der Waals surface area contributed by atoms with E-state index in [1.165, 1.54) is 26.3 Å². The highest BCUT2D eigenvalue weighted by Gasteiger charge is 2.34. The average Bonchev–Trinajstić information content (AvgIpc) is 2.77. The van der Waals surface area contributed by atoms with E-state index in [-0.39, 0.29) is 6.54 Å². The summed E-state index contributed by atoms with van der Waals surface area (Å²) < 4.78 is 42.2. The van der Waals surface area contributed by atoms with Crippen LogP contribution in [0, 0.1) is 0 Å². The molecule has 1 amide bonds. The maximum Gasteiger partial charge on any atom is 0.406 e. The number of nitrogens with one attached hydrogen (secondary N) is 1. The van der Waals surface area contributed by atoms with E-state index in [0.717, 1.165) is 4.90 Å². The topological polar surface area (TPSA) is 45.5 Å². The molecule has 0 aliphatic carbocycles. The van der Waals surface area contributed by atoms with Gasteiger partial charge in [-0.05, 0) is 26.1 Å². The fraction of sp³-hybridized carbons (Fsp3) is 0.545. The summed E-state index contributed by atoms with van der Waals surface area (Å²) in [5.41, 5.74) is 0. The summed E-state index contributed by atoms with van der Waals surface area (Å²) in [5.74, 6) is -0.304. The Morgan fingerprint density at radius 2 is 2.22 bits per heavy atom. The molecule has 1 N–H and O–H groups in total. The van der Waals surface area contributed by atoms with Gasteiger partial charge in [0.25, 0.3) is 0 Å². The largest absolute Gasteiger partial charge is 0.467 e. The quantitative estimate of drug-likeness (QED) is 0.881. The van der Waals surface area contributed by atoms with Crippen molar-refractivity contribution in [3.05, 3.63) is 24.2 Å². The molecule has 0 saturated heterocycles. The van der Waals surface area contributed by atoms with Crippen LogP contribution >= 0.6 is 0 Å². The molecule has 0 aromatic carbocycles. The number of rotatable bonds is 5. The number of hydrogen-bond donors (Lipinski definition) is 1. The van der Waals surface area contributed by atoms with Gasteiger partial charge in [0.2, 0.25) is 5.91 Å². The van der Waals surface area contributed by atoms with E-state index < -0.39 is 24.7 Å². The molecular formula is C11H15F3N2O2. The standard InChI is InChI=1S/C11H15F3N2O2/c1-8(15-2)10(17)16(7-11(12,13)14)6-9-4-3-5-18-9/h3-5,8,15H,6-7H2,1-2H3. The number of furan rings is 1. The molecule has 0 spiro atoms. The Morgan fingerprint density at radius 3 is 2.67 bits per heavy atom. The molecule has 0 saturated carbocycles. The third kappa shape index (κ3) is 4.40. The van der Waals surface area contributed by atoms with Crippen molar-refractivity contribution in [3.63, 3.8) is 0 Å². The Hall–Kier alpha value is -1.50. The summed E-state index contributed by atoms with van der Waals surface area (Å²) >= 11 is 0. The number of carbonyl (C=O) groups excluding carboxylic acids is 1. The number of hydrogen-bond acceptors (Lipinski definition) is 3. The molecule has 102 valence electrons. The van der Waals surface area contributed by atoms with Gasteiger partial charge in [0.15, 0.2) is 0 Å². The van der Waals surface area contributed by atoms with Crippen LogP contribution in [0.4, 0.5) is 13.2 Å². The van der Waals surface area contributed by atoms with Crippen LogP contribution < -0.4 is 5.32 Å². The van der Waals surface area contributed by atoms with Crippen LogP contribution in [0.5, 0.6) is 0 Å². The lowest BCUT2D eigenvalue weighted by Gasteiger charge is -2.25. The second-order valence-electron chi connectivity index (χ2n) is 3.90. The zero-order chi connectivity index (χ0) is 13.8. The van der Waals surface area contributed by atoms with Gasteiger partial charge < -0.3 is 14.6 Å². The Kier molecular flexibility index (Phi) is 4.77. The van der Waals surface area contributed by atoms with Crippen LogP contribution in [0.3, 0.4) is 0 Å². The van der Waals surface area contributed by atoms with Gasteiger partial charge in [-0.25, -0.2) is 0 Å². The van der Waals surface area contributed by atoms with E-state index in [0.29, 0.717) is 5.76 Å². The van der Waals surface area contributed by atoms with Gasteiger partial charge in [0.05, 0.1) is 18.8 Å². The Morgan fingerprint density at radius 1 is 1.56 bits per heavy atom. The van der Waals surface area contributed by atoms with Crippen LogP contribution in [-0.4, -0.2) is 36.6 Å². The van der Waals surface area contributed by atoms with Gasteiger partial charge in [-0.15, -0.1) is 0 Å². The highest BCUT2D eigenvalue weighted by molar-refractivity contribution is 5.81. The van der Waals surface area contributed by atoms with Crippen molar-refractivity contribution < 1.29 is 22.4 Å². The number of halogens is 3. The fourth-order valence-corrected chi connectivity index (χ4v) is 1.42. The molecule has 1 rings (SSSR count). The lowest BCUT2D eigenvalue weighted by molar-refractivity contribution is -0.163. The third-order valence-corrected chi connectivity index (χ3v) is 2.41. The minimum Gasteiger partial charge on any atom is -0.467 e. The monoisotopic (exact) mass is 264 g/mol. The van der Waals surface area contributed by atoms with Crippen molar-refractivity contribution in [3.8, 4) is 0 Å². The van der Waals surface area contributed by atoms with Gasteiger partial charge in [-0.1, -0.05) is 0 Å². The van der Waals surface area contributed by atoms with Crippen LogP contribution in [0.1, 0.15) is 12.7 Å². The second-order valence-corrected chi connectivity index (χ2v) is 3.90. The molecule has 1 aromatic rings. The summed E-state index contributed by atoms with van der Waals surface area (Å²) in [7, 11) is 1.52. The second kappa shape index (κ2) is 5.90. The smallest absolute Gasteiger partial charge is 0.406 e. The molecule has 0 fully saturated rings. The molecule has 1 atom stereocenters. The maximum absolute atomic E-state index is 12.4. The Bertz CT molecular complexity index is 376. The molecule has 7 heteroatoms. The van der Waals surface area contributed by atoms with E-state index in [1.54, 1.807) is 6.07 Å². The molecular weight excluding hydrogens is 249 g/mol. The lowest BCUT2D eigenvalue weighted by Crippen LogP contribution is -2.46. The number of nitrogens with zero attached hydrogens (tertiary/aromatic N) is 1. The number of carbonyl (C=O) groups is 1. The van der Waals surface area contributed by atoms with Crippen molar-refractivity contribution in [1.82, 2.24) is 10.2 Å². The highest BCUT2D eigenvalue weighted by atomic mass is 19.4. The van der Waals surface area contributed by atoms with Crippen LogP contribution in [0.15, 0.2) is 22.8 Å². The van der Waals surface area contributed by atoms with E-state index in [1.807, 2.05) is 0 Å². The Balaban J connectivity index is 2.78. The minimum atomic E-state index is -4.43. The van der Waals surface area contributed by atoms with Gasteiger partial charge in [-0.2, -0.15) is 13.2 Å². The van der Waals surface area contributed by atoms with Crippen LogP contribution in [0.2, 0.25) is 0 Å². The fourth-order valence-electron chi connectivity index (χ4n) is 1.42. The first kappa shape index (κ1) is 14.6. The predicted molar refractivity (Wildman–Crippen MR) is 58.7 cm³/mol. The first-order chi connectivity index (χ1) is 8.33. The number of alkyl halides is 3. The summed E-state index contributed by atoms with van der Waals surface area (Å²) in [4.78, 5) is 12.5. The minimum absolute atomic E-state index is 0.197. The van der Waals surface area contributed by atoms with Crippen molar-refractivity contribution in [1.29, 1.82) is 0 Å². The molecule has 1 aromatic heterocycles. The van der Waals surface area contributed by atoms with Gasteiger partial charge in [0.1, 0.15) is 12.3 Å². The summed E-state index contributed by atoms with van der Waals surface area (Å²) in [5, 5.41) is 2.62. The predicted octanol–water partition coefficient (Wildman–Crippen LogP) is 1.78. The lowest BCUT2D eigenvalue weighted by atomic mass is 10.2. The van der Waals surface area contributed by atoms with Crippen molar-refractivity contribution in [2.24, 2.45) is 0 Å². The van der Waals surface area contributed by atoms with Gasteiger partial charge in [-0.3, -0.25) is 4.79 Å². The normalized spacial score (nSPS) is 13.4. The summed E-state index contributed by atoms with van der Waals surface area (Å²) in [6.45, 7) is 0.0176. The Labute approximate surface area is 103 Å². The van der Waals surface area contributed by atoms with Crippen molar-refractivity contribution in [2.45, 2.75) is 25.7 Å². The average molecular weight is 264 g/mol. The maximum atomic E-state index is 12.4. The van der Waals surface area contributed by atoms with Crippen molar-refractivity contribution in [2.75, 3.05) is 13.6 Å². The van der Waals surface area contributed by atoms with Gasteiger partial charge in [0, 0.05) is 0 Å². The third-order valence-electron chi connectivity index (χ3n) is 2.41. The molecule has 0 radical (unpaired) electrons. The van der Waals surface area contributed by atoms with Crippen molar-refractivity contribution >= 4 is 5.91 Å². The van der Waals surface area contributed by atoms with Crippen LogP contribution in [0.25, 0.3) is 0 Å². The van der Waals surface area contributed by atoms with E-state index in [9.17, 15) is 18.0 Å². The first-order valence-electron chi connectivity index (χ1n) is 5.38.